The first-order valence-corrected chi connectivity index (χ1v) is 11.8. The Balaban J connectivity index is 1.92. The Morgan fingerprint density at radius 2 is 1.86 bits per heavy atom. The smallest absolute Gasteiger partial charge is 0.300 e. The third-order valence-electron chi connectivity index (χ3n) is 6.42. The molecule has 2 aromatic carbocycles. The largest absolute Gasteiger partial charge is 0.507 e. The molecule has 180 valence electrons. The van der Waals surface area contributed by atoms with Crippen LogP contribution in [0.2, 0.25) is 0 Å². The summed E-state index contributed by atoms with van der Waals surface area (Å²) in [6.07, 6.45) is 3.25. The van der Waals surface area contributed by atoms with Crippen LogP contribution in [0.5, 0.6) is 5.75 Å². The number of aliphatic hydroxyl groups excluding tert-OH is 1. The van der Waals surface area contributed by atoms with Crippen LogP contribution in [0.15, 0.2) is 66.5 Å². The number of Topliss-reactive ketones (excluding diaryl/α,β-unsaturated/α-hetero) is 1. The zero-order chi connectivity index (χ0) is 25.3. The minimum atomic E-state index is -0.806. The molecule has 1 aliphatic heterocycles. The Morgan fingerprint density at radius 3 is 2.49 bits per heavy atom. The minimum absolute atomic E-state index is 0.0418. The molecule has 6 nitrogen and oxygen atoms in total. The second kappa shape index (κ2) is 9.74. The predicted molar refractivity (Wildman–Crippen MR) is 137 cm³/mol. The standard InChI is InChI=1S/C29H30N2O4/c1-6-35-24-12-10-20(15-23(24)17(2)3)27(32)25-26(21-8-7-13-30-16-21)31(29(34)28(25)33)22-11-9-18(4)19(5)14-22/h7-17,26,32H,6H2,1-5H3/b27-25-. The number of ketones is 1. The highest BCUT2D eigenvalue weighted by molar-refractivity contribution is 6.51. The first-order chi connectivity index (χ1) is 16.7. The van der Waals surface area contributed by atoms with Gasteiger partial charge in [-0.3, -0.25) is 19.5 Å². The van der Waals surface area contributed by atoms with Gasteiger partial charge >= 0.3 is 0 Å². The van der Waals surface area contributed by atoms with Crippen molar-refractivity contribution in [2.45, 2.75) is 46.6 Å². The van der Waals surface area contributed by atoms with Crippen LogP contribution in [0.4, 0.5) is 5.69 Å². The fourth-order valence-corrected chi connectivity index (χ4v) is 4.42. The molecule has 1 fully saturated rings. The number of anilines is 1. The molecule has 2 heterocycles. The van der Waals surface area contributed by atoms with Crippen molar-refractivity contribution < 1.29 is 19.4 Å². The predicted octanol–water partition coefficient (Wildman–Crippen LogP) is 5.85. The second-order valence-corrected chi connectivity index (χ2v) is 9.06. The lowest BCUT2D eigenvalue weighted by Gasteiger charge is -2.26. The highest BCUT2D eigenvalue weighted by atomic mass is 16.5. The van der Waals surface area contributed by atoms with Crippen molar-refractivity contribution in [2.75, 3.05) is 11.5 Å². The molecule has 1 N–H and O–H groups in total. The molecular weight excluding hydrogens is 440 g/mol. The number of hydrogen-bond donors (Lipinski definition) is 1. The van der Waals surface area contributed by atoms with Gasteiger partial charge in [0.15, 0.2) is 0 Å². The molecule has 0 bridgehead atoms. The molecule has 0 saturated carbocycles. The van der Waals surface area contributed by atoms with Crippen molar-refractivity contribution in [3.63, 3.8) is 0 Å². The lowest BCUT2D eigenvalue weighted by molar-refractivity contribution is -0.132. The van der Waals surface area contributed by atoms with E-state index < -0.39 is 17.7 Å². The van der Waals surface area contributed by atoms with Gasteiger partial charge in [-0.05, 0) is 85.3 Å². The lowest BCUT2D eigenvalue weighted by Crippen LogP contribution is -2.29. The molecule has 6 heteroatoms. The first-order valence-electron chi connectivity index (χ1n) is 11.8. The molecular formula is C29H30N2O4. The third-order valence-corrected chi connectivity index (χ3v) is 6.42. The molecule has 0 aliphatic carbocycles. The summed E-state index contributed by atoms with van der Waals surface area (Å²) >= 11 is 0. The molecule has 0 radical (unpaired) electrons. The van der Waals surface area contributed by atoms with Gasteiger partial charge in [-0.15, -0.1) is 0 Å². The number of pyridine rings is 1. The number of carbonyl (C=O) groups excluding carboxylic acids is 2. The van der Waals surface area contributed by atoms with Crippen LogP contribution < -0.4 is 9.64 Å². The summed E-state index contributed by atoms with van der Waals surface area (Å²) in [5.74, 6) is -0.753. The maximum atomic E-state index is 13.4. The number of rotatable bonds is 6. The fraction of sp³-hybridized carbons (Fsp3) is 0.276. The van der Waals surface area contributed by atoms with E-state index in [1.165, 1.54) is 4.90 Å². The van der Waals surface area contributed by atoms with Crippen molar-refractivity contribution in [3.8, 4) is 5.75 Å². The molecule has 35 heavy (non-hydrogen) atoms. The van der Waals surface area contributed by atoms with E-state index in [1.54, 1.807) is 30.6 Å². The molecule has 1 aromatic heterocycles. The van der Waals surface area contributed by atoms with Crippen LogP contribution in [-0.4, -0.2) is 28.4 Å². The molecule has 1 atom stereocenters. The summed E-state index contributed by atoms with van der Waals surface area (Å²) in [6, 6.07) is 13.7. The van der Waals surface area contributed by atoms with Crippen LogP contribution >= 0.6 is 0 Å². The van der Waals surface area contributed by atoms with Crippen LogP contribution in [0.3, 0.4) is 0 Å². The summed E-state index contributed by atoms with van der Waals surface area (Å²) in [6.45, 7) is 10.5. The Hall–Kier alpha value is -3.93. The van der Waals surface area contributed by atoms with Gasteiger partial charge in [0.1, 0.15) is 11.5 Å². The van der Waals surface area contributed by atoms with E-state index in [0.29, 0.717) is 23.4 Å². The van der Waals surface area contributed by atoms with Gasteiger partial charge < -0.3 is 9.84 Å². The number of carbonyl (C=O) groups is 2. The van der Waals surface area contributed by atoms with Crippen LogP contribution in [0.1, 0.15) is 60.5 Å². The summed E-state index contributed by atoms with van der Waals surface area (Å²) in [7, 11) is 0. The third kappa shape index (κ3) is 4.44. The number of amides is 1. The number of nitrogens with zero attached hydrogens (tertiary/aromatic N) is 2. The van der Waals surface area contributed by atoms with Crippen LogP contribution in [0.25, 0.3) is 5.76 Å². The van der Waals surface area contributed by atoms with E-state index in [1.807, 2.05) is 65.0 Å². The highest BCUT2D eigenvalue weighted by Crippen LogP contribution is 2.43. The Morgan fingerprint density at radius 1 is 1.09 bits per heavy atom. The van der Waals surface area contributed by atoms with Crippen molar-refractivity contribution >= 4 is 23.1 Å². The summed E-state index contributed by atoms with van der Waals surface area (Å²) in [5.41, 5.74) is 4.74. The maximum Gasteiger partial charge on any atom is 0.300 e. The number of hydrogen-bond acceptors (Lipinski definition) is 5. The Kier molecular flexibility index (Phi) is 6.74. The van der Waals surface area contributed by atoms with Gasteiger partial charge in [0.2, 0.25) is 0 Å². The summed E-state index contributed by atoms with van der Waals surface area (Å²) in [4.78, 5) is 32.4. The zero-order valence-corrected chi connectivity index (χ0v) is 20.7. The van der Waals surface area contributed by atoms with E-state index in [9.17, 15) is 14.7 Å². The molecule has 3 aromatic rings. The average molecular weight is 471 g/mol. The van der Waals surface area contributed by atoms with Gasteiger partial charge in [0, 0.05) is 23.6 Å². The Bertz CT molecular complexity index is 1310. The minimum Gasteiger partial charge on any atom is -0.507 e. The van der Waals surface area contributed by atoms with Crippen molar-refractivity contribution in [1.82, 2.24) is 4.98 Å². The summed E-state index contributed by atoms with van der Waals surface area (Å²) in [5, 5.41) is 11.4. The Labute approximate surface area is 205 Å². The maximum absolute atomic E-state index is 13.4. The quantitative estimate of drug-likeness (QED) is 0.278. The number of aliphatic hydroxyl groups is 1. The number of aromatic nitrogens is 1. The molecule has 0 spiro atoms. The zero-order valence-electron chi connectivity index (χ0n) is 20.7. The fourth-order valence-electron chi connectivity index (χ4n) is 4.42. The number of benzene rings is 2. The molecule has 1 aliphatic rings. The van der Waals surface area contributed by atoms with E-state index >= 15 is 0 Å². The average Bonchev–Trinajstić information content (AvgIpc) is 3.11. The number of ether oxygens (including phenoxy) is 1. The van der Waals surface area contributed by atoms with Gasteiger partial charge in [0.25, 0.3) is 11.7 Å². The monoisotopic (exact) mass is 470 g/mol. The van der Waals surface area contributed by atoms with E-state index in [-0.39, 0.29) is 17.3 Å². The highest BCUT2D eigenvalue weighted by Gasteiger charge is 2.47. The van der Waals surface area contributed by atoms with Crippen LogP contribution in [0, 0.1) is 13.8 Å². The molecule has 4 rings (SSSR count). The first kappa shape index (κ1) is 24.2. The second-order valence-electron chi connectivity index (χ2n) is 9.06. The van der Waals surface area contributed by atoms with Crippen molar-refractivity contribution in [1.29, 1.82) is 0 Å². The van der Waals surface area contributed by atoms with Gasteiger partial charge in [-0.25, -0.2) is 0 Å². The van der Waals surface area contributed by atoms with Crippen molar-refractivity contribution in [2.24, 2.45) is 0 Å². The van der Waals surface area contributed by atoms with E-state index in [4.69, 9.17) is 4.74 Å². The molecule has 1 unspecified atom stereocenters. The SMILES string of the molecule is CCOc1ccc(/C(O)=C2/C(=O)C(=O)N(c3ccc(C)c(C)c3)C2c2cccnc2)cc1C(C)C. The molecule has 1 saturated heterocycles. The molecule has 1 amide bonds. The van der Waals surface area contributed by atoms with Gasteiger partial charge in [-0.1, -0.05) is 26.0 Å². The topological polar surface area (TPSA) is 79.7 Å². The normalized spacial score (nSPS) is 17.3. The van der Waals surface area contributed by atoms with E-state index in [0.717, 1.165) is 22.4 Å². The number of aryl methyl sites for hydroxylation is 2. The van der Waals surface area contributed by atoms with Crippen LogP contribution in [-0.2, 0) is 9.59 Å². The van der Waals surface area contributed by atoms with Crippen molar-refractivity contribution in [3.05, 3.63) is 94.3 Å². The summed E-state index contributed by atoms with van der Waals surface area (Å²) < 4.78 is 5.75. The van der Waals surface area contributed by atoms with Gasteiger partial charge in [-0.2, -0.15) is 0 Å². The van der Waals surface area contributed by atoms with E-state index in [2.05, 4.69) is 4.98 Å². The van der Waals surface area contributed by atoms with Gasteiger partial charge in [0.05, 0.1) is 18.2 Å². The lowest BCUT2D eigenvalue weighted by atomic mass is 9.93.